The van der Waals surface area contributed by atoms with Gasteiger partial charge in [-0.15, -0.1) is 0 Å². The monoisotopic (exact) mass is 336 g/mol. The lowest BCUT2D eigenvalue weighted by atomic mass is 9.76. The third kappa shape index (κ3) is 4.72. The van der Waals surface area contributed by atoms with Gasteiger partial charge in [-0.1, -0.05) is 19.1 Å². The standard InChI is InChI=1S/C17H29BN2O4/c1-7-12(2)20(15(19)21)14-10-8-9-13(11-14)18(23)24-17(5,6)16(3,4)22/h8-12,22-23H,7H2,1-6H3,(H2,19,21). The molecule has 0 bridgehead atoms. The Morgan fingerprint density at radius 2 is 1.96 bits per heavy atom. The Hall–Kier alpha value is -1.57. The second-order valence-electron chi connectivity index (χ2n) is 7.10. The van der Waals surface area contributed by atoms with Crippen LogP contribution in [0.4, 0.5) is 10.5 Å². The fourth-order valence-corrected chi connectivity index (χ4v) is 2.10. The molecule has 0 fully saturated rings. The molecule has 0 saturated heterocycles. The van der Waals surface area contributed by atoms with E-state index in [1.165, 1.54) is 4.90 Å². The van der Waals surface area contributed by atoms with Crippen LogP contribution in [0.15, 0.2) is 24.3 Å². The number of aliphatic hydroxyl groups is 1. The van der Waals surface area contributed by atoms with Gasteiger partial charge in [0.15, 0.2) is 0 Å². The summed E-state index contributed by atoms with van der Waals surface area (Å²) < 4.78 is 5.64. The molecule has 1 rings (SSSR count). The van der Waals surface area contributed by atoms with Gasteiger partial charge in [-0.25, -0.2) is 4.79 Å². The lowest BCUT2D eigenvalue weighted by Crippen LogP contribution is -2.53. The van der Waals surface area contributed by atoms with Crippen molar-refractivity contribution in [3.8, 4) is 0 Å². The topological polar surface area (TPSA) is 96.0 Å². The van der Waals surface area contributed by atoms with E-state index in [1.807, 2.05) is 13.8 Å². The molecule has 0 spiro atoms. The lowest BCUT2D eigenvalue weighted by Gasteiger charge is -2.38. The third-order valence-corrected chi connectivity index (χ3v) is 4.58. The molecule has 24 heavy (non-hydrogen) atoms. The number of anilines is 1. The average molecular weight is 336 g/mol. The van der Waals surface area contributed by atoms with Crippen molar-refractivity contribution in [2.24, 2.45) is 5.73 Å². The van der Waals surface area contributed by atoms with Crippen molar-refractivity contribution in [2.75, 3.05) is 4.90 Å². The van der Waals surface area contributed by atoms with Gasteiger partial charge in [0.2, 0.25) is 0 Å². The second kappa shape index (κ2) is 7.55. The van der Waals surface area contributed by atoms with E-state index >= 15 is 0 Å². The molecule has 7 heteroatoms. The van der Waals surface area contributed by atoms with E-state index in [-0.39, 0.29) is 6.04 Å². The molecule has 134 valence electrons. The number of carbonyl (C=O) groups excluding carboxylic acids is 1. The molecule has 6 nitrogen and oxygen atoms in total. The van der Waals surface area contributed by atoms with E-state index < -0.39 is 24.4 Å². The average Bonchev–Trinajstić information content (AvgIpc) is 2.45. The maximum Gasteiger partial charge on any atom is 0.491 e. The fourth-order valence-electron chi connectivity index (χ4n) is 2.10. The number of rotatable bonds is 7. The number of nitrogens with two attached hydrogens (primary N) is 1. The molecule has 2 amide bonds. The van der Waals surface area contributed by atoms with Crippen molar-refractivity contribution < 1.29 is 19.6 Å². The zero-order valence-electron chi connectivity index (χ0n) is 15.4. The summed E-state index contributed by atoms with van der Waals surface area (Å²) >= 11 is 0. The third-order valence-electron chi connectivity index (χ3n) is 4.58. The van der Waals surface area contributed by atoms with Gasteiger partial charge >= 0.3 is 13.1 Å². The van der Waals surface area contributed by atoms with E-state index in [2.05, 4.69) is 0 Å². The zero-order chi connectivity index (χ0) is 18.7. The van der Waals surface area contributed by atoms with E-state index in [1.54, 1.807) is 52.0 Å². The van der Waals surface area contributed by atoms with Crippen molar-refractivity contribution in [1.82, 2.24) is 0 Å². The van der Waals surface area contributed by atoms with Crippen molar-refractivity contribution in [2.45, 2.75) is 65.2 Å². The number of hydrogen-bond acceptors (Lipinski definition) is 4. The highest BCUT2D eigenvalue weighted by Crippen LogP contribution is 2.25. The first kappa shape index (κ1) is 20.5. The molecule has 0 aliphatic carbocycles. The van der Waals surface area contributed by atoms with Crippen molar-refractivity contribution in [3.05, 3.63) is 24.3 Å². The predicted octanol–water partition coefficient (Wildman–Crippen LogP) is 1.62. The van der Waals surface area contributed by atoms with Crippen LogP contribution in [0.25, 0.3) is 0 Å². The molecule has 0 aliphatic rings. The summed E-state index contributed by atoms with van der Waals surface area (Å²) in [6.45, 7) is 10.5. The highest BCUT2D eigenvalue weighted by atomic mass is 16.5. The van der Waals surface area contributed by atoms with Gasteiger partial charge in [-0.05, 0) is 58.6 Å². The van der Waals surface area contributed by atoms with Crippen molar-refractivity contribution in [1.29, 1.82) is 0 Å². The van der Waals surface area contributed by atoms with Gasteiger partial charge in [0.05, 0.1) is 11.2 Å². The normalized spacial score (nSPS) is 13.5. The molecule has 0 radical (unpaired) electrons. The lowest BCUT2D eigenvalue weighted by molar-refractivity contribution is -0.0982. The highest BCUT2D eigenvalue weighted by Gasteiger charge is 2.39. The van der Waals surface area contributed by atoms with E-state index in [4.69, 9.17) is 10.4 Å². The number of nitrogens with zero attached hydrogens (tertiary/aromatic N) is 1. The SMILES string of the molecule is CCC(C)N(C(N)=O)c1cccc(B(O)OC(C)(C)C(C)(C)O)c1. The number of carbonyl (C=O) groups is 1. The summed E-state index contributed by atoms with van der Waals surface area (Å²) in [5.74, 6) is 0. The van der Waals surface area contributed by atoms with E-state index in [0.717, 1.165) is 6.42 Å². The van der Waals surface area contributed by atoms with Gasteiger partial charge in [0.1, 0.15) is 0 Å². The molecular formula is C17H29BN2O4. The Bertz CT molecular complexity index is 572. The zero-order valence-corrected chi connectivity index (χ0v) is 15.4. The number of primary amides is 1. The summed E-state index contributed by atoms with van der Waals surface area (Å²) in [5.41, 5.74) is 4.46. The minimum absolute atomic E-state index is 0.0661. The predicted molar refractivity (Wildman–Crippen MR) is 97.3 cm³/mol. The second-order valence-corrected chi connectivity index (χ2v) is 7.10. The Kier molecular flexibility index (Phi) is 6.44. The Morgan fingerprint density at radius 3 is 2.42 bits per heavy atom. The van der Waals surface area contributed by atoms with Crippen LogP contribution in [0, 0.1) is 0 Å². The number of amides is 2. The van der Waals surface area contributed by atoms with Crippen LogP contribution in [0.2, 0.25) is 0 Å². The number of benzene rings is 1. The largest absolute Gasteiger partial charge is 0.491 e. The summed E-state index contributed by atoms with van der Waals surface area (Å²) in [6, 6.07) is 6.24. The molecule has 0 aromatic heterocycles. The maximum atomic E-state index is 11.8. The minimum Gasteiger partial charge on any atom is -0.423 e. The van der Waals surface area contributed by atoms with Gasteiger partial charge < -0.3 is 20.5 Å². The molecular weight excluding hydrogens is 307 g/mol. The van der Waals surface area contributed by atoms with Crippen LogP contribution >= 0.6 is 0 Å². The molecule has 1 aromatic carbocycles. The van der Waals surface area contributed by atoms with Crippen LogP contribution in [0.3, 0.4) is 0 Å². The smallest absolute Gasteiger partial charge is 0.423 e. The highest BCUT2D eigenvalue weighted by molar-refractivity contribution is 6.60. The molecule has 0 heterocycles. The first-order valence-electron chi connectivity index (χ1n) is 8.17. The van der Waals surface area contributed by atoms with Gasteiger partial charge in [-0.3, -0.25) is 4.90 Å². The van der Waals surface area contributed by atoms with Gasteiger partial charge in [-0.2, -0.15) is 0 Å². The Labute approximate surface area is 144 Å². The van der Waals surface area contributed by atoms with Crippen LogP contribution in [-0.2, 0) is 4.65 Å². The van der Waals surface area contributed by atoms with Crippen molar-refractivity contribution >= 4 is 24.3 Å². The molecule has 1 aromatic rings. The Morgan fingerprint density at radius 1 is 1.38 bits per heavy atom. The molecule has 4 N–H and O–H groups in total. The fraction of sp³-hybridized carbons (Fsp3) is 0.588. The minimum atomic E-state index is -1.24. The van der Waals surface area contributed by atoms with Crippen LogP contribution < -0.4 is 16.1 Å². The summed E-state index contributed by atoms with van der Waals surface area (Å²) in [6.07, 6.45) is 0.748. The maximum absolute atomic E-state index is 11.8. The van der Waals surface area contributed by atoms with Crippen molar-refractivity contribution in [3.63, 3.8) is 0 Å². The summed E-state index contributed by atoms with van der Waals surface area (Å²) in [7, 11) is -1.24. The van der Waals surface area contributed by atoms with E-state index in [9.17, 15) is 14.9 Å². The quantitative estimate of drug-likeness (QED) is 0.659. The summed E-state index contributed by atoms with van der Waals surface area (Å²) in [5, 5.41) is 20.5. The number of urea groups is 1. The molecule has 0 aliphatic heterocycles. The molecule has 1 unspecified atom stereocenters. The number of hydrogen-bond donors (Lipinski definition) is 3. The van der Waals surface area contributed by atoms with Crippen LogP contribution in [0.1, 0.15) is 48.0 Å². The first-order valence-corrected chi connectivity index (χ1v) is 8.17. The molecule has 1 atom stereocenters. The van der Waals surface area contributed by atoms with E-state index in [0.29, 0.717) is 11.2 Å². The first-order chi connectivity index (χ1) is 10.9. The van der Waals surface area contributed by atoms with Crippen LogP contribution in [0.5, 0.6) is 0 Å². The van der Waals surface area contributed by atoms with Gasteiger partial charge in [0, 0.05) is 11.7 Å². The summed E-state index contributed by atoms with van der Waals surface area (Å²) in [4.78, 5) is 13.2. The van der Waals surface area contributed by atoms with Gasteiger partial charge in [0.25, 0.3) is 0 Å². The molecule has 0 saturated carbocycles. The Balaban J connectivity index is 3.09. The van der Waals surface area contributed by atoms with Crippen LogP contribution in [-0.4, -0.2) is 40.5 Å².